The maximum atomic E-state index is 12.7. The van der Waals surface area contributed by atoms with Crippen LogP contribution in [0.5, 0.6) is 5.75 Å². The molecule has 2 aliphatic rings. The Labute approximate surface area is 182 Å². The molecule has 0 spiro atoms. The average Bonchev–Trinajstić information content (AvgIpc) is 3.15. The van der Waals surface area contributed by atoms with Crippen LogP contribution in [0.2, 0.25) is 0 Å². The van der Waals surface area contributed by atoms with E-state index in [1.165, 1.54) is 0 Å². The fourth-order valence-corrected chi connectivity index (χ4v) is 3.81. The predicted molar refractivity (Wildman–Crippen MR) is 120 cm³/mol. The molecule has 0 unspecified atom stereocenters. The number of benzene rings is 2. The maximum absolute atomic E-state index is 12.7. The van der Waals surface area contributed by atoms with Crippen molar-refractivity contribution in [2.24, 2.45) is 0 Å². The predicted octanol–water partition coefficient (Wildman–Crippen LogP) is 2.80. The van der Waals surface area contributed by atoms with Gasteiger partial charge in [-0.15, -0.1) is 0 Å². The molecule has 1 N–H and O–H groups in total. The Balaban J connectivity index is 1.30. The summed E-state index contributed by atoms with van der Waals surface area (Å²) in [5, 5.41) is 2.88. The van der Waals surface area contributed by atoms with Gasteiger partial charge in [0.1, 0.15) is 12.3 Å². The zero-order chi connectivity index (χ0) is 21.6. The second-order valence-corrected chi connectivity index (χ2v) is 7.48. The van der Waals surface area contributed by atoms with E-state index in [2.05, 4.69) is 10.2 Å². The molecule has 0 bridgehead atoms. The van der Waals surface area contributed by atoms with Crippen LogP contribution < -0.4 is 19.9 Å². The molecule has 4 rings (SSSR count). The van der Waals surface area contributed by atoms with E-state index in [1.807, 2.05) is 55.5 Å². The second-order valence-electron chi connectivity index (χ2n) is 7.48. The van der Waals surface area contributed by atoms with Crippen LogP contribution in [0.25, 0.3) is 0 Å². The lowest BCUT2D eigenvalue weighted by Gasteiger charge is -2.28. The van der Waals surface area contributed by atoms with Crippen molar-refractivity contribution in [3.8, 4) is 5.75 Å². The summed E-state index contributed by atoms with van der Waals surface area (Å²) in [6.45, 7) is 6.81. The summed E-state index contributed by atoms with van der Waals surface area (Å²) in [4.78, 5) is 30.7. The summed E-state index contributed by atoms with van der Waals surface area (Å²) in [5.74, 6) is 0.565. The van der Waals surface area contributed by atoms with Gasteiger partial charge in [0, 0.05) is 43.2 Å². The van der Waals surface area contributed by atoms with Crippen LogP contribution in [0.4, 0.5) is 21.9 Å². The molecular weight excluding hydrogens is 396 g/mol. The molecule has 2 fully saturated rings. The number of carbonyl (C=O) groups is 2. The Hall–Kier alpha value is -3.26. The number of carbonyl (C=O) groups excluding carboxylic acids is 2. The zero-order valence-electron chi connectivity index (χ0n) is 17.8. The third kappa shape index (κ3) is 5.08. The van der Waals surface area contributed by atoms with Gasteiger partial charge < -0.3 is 24.6 Å². The average molecular weight is 425 g/mol. The van der Waals surface area contributed by atoms with Crippen LogP contribution in [-0.2, 0) is 9.53 Å². The van der Waals surface area contributed by atoms with Gasteiger partial charge in [0.2, 0.25) is 5.91 Å². The minimum absolute atomic E-state index is 0.0254. The van der Waals surface area contributed by atoms with Crippen LogP contribution in [0, 0.1) is 0 Å². The smallest absolute Gasteiger partial charge is 0.325 e. The molecule has 8 nitrogen and oxygen atoms in total. The van der Waals surface area contributed by atoms with Crippen LogP contribution in [-0.4, -0.2) is 69.4 Å². The number of nitrogens with zero attached hydrogens (tertiary/aromatic N) is 3. The summed E-state index contributed by atoms with van der Waals surface area (Å²) in [7, 11) is 0. The highest BCUT2D eigenvalue weighted by molar-refractivity contribution is 5.99. The highest BCUT2D eigenvalue weighted by Gasteiger charge is 2.30. The summed E-state index contributed by atoms with van der Waals surface area (Å²) in [6.07, 6.45) is 0. The monoisotopic (exact) mass is 424 g/mol. The summed E-state index contributed by atoms with van der Waals surface area (Å²) in [6, 6.07) is 15.0. The van der Waals surface area contributed by atoms with Crippen LogP contribution >= 0.6 is 0 Å². The highest BCUT2D eigenvalue weighted by atomic mass is 16.5. The number of hydrogen-bond acceptors (Lipinski definition) is 5. The van der Waals surface area contributed by atoms with Crippen molar-refractivity contribution in [3.05, 3.63) is 48.5 Å². The lowest BCUT2D eigenvalue weighted by Crippen LogP contribution is -2.37. The van der Waals surface area contributed by atoms with Gasteiger partial charge >= 0.3 is 6.03 Å². The van der Waals surface area contributed by atoms with Crippen molar-refractivity contribution in [2.75, 3.05) is 67.7 Å². The third-order valence-electron chi connectivity index (χ3n) is 5.42. The lowest BCUT2D eigenvalue weighted by molar-refractivity contribution is -0.116. The molecule has 2 heterocycles. The topological polar surface area (TPSA) is 74.3 Å². The van der Waals surface area contributed by atoms with Crippen LogP contribution in [0.15, 0.2) is 48.5 Å². The Morgan fingerprint density at radius 2 is 1.65 bits per heavy atom. The van der Waals surface area contributed by atoms with Crippen molar-refractivity contribution in [3.63, 3.8) is 0 Å². The fraction of sp³-hybridized carbons (Fsp3) is 0.391. The SMILES string of the molecule is CCOc1ccc(N2CCN(CC(=O)Nc3ccc(N4CCOCC4)cc3)C2=O)cc1. The molecule has 2 saturated heterocycles. The minimum atomic E-state index is -0.207. The van der Waals surface area contributed by atoms with Crippen LogP contribution in [0.1, 0.15) is 6.92 Å². The molecule has 0 atom stereocenters. The van der Waals surface area contributed by atoms with Gasteiger partial charge in [0.05, 0.1) is 19.8 Å². The number of morpholine rings is 1. The molecule has 0 radical (unpaired) electrons. The Morgan fingerprint density at radius 1 is 0.968 bits per heavy atom. The Kier molecular flexibility index (Phi) is 6.57. The van der Waals surface area contributed by atoms with Gasteiger partial charge in [0.25, 0.3) is 0 Å². The van der Waals surface area contributed by atoms with Crippen molar-refractivity contribution in [1.82, 2.24) is 4.90 Å². The van der Waals surface area contributed by atoms with E-state index < -0.39 is 0 Å². The number of ether oxygens (including phenoxy) is 2. The number of nitrogens with one attached hydrogen (secondary N) is 1. The molecule has 31 heavy (non-hydrogen) atoms. The van der Waals surface area contributed by atoms with E-state index in [1.54, 1.807) is 9.80 Å². The molecule has 0 saturated carbocycles. The molecule has 2 aromatic rings. The first kappa shape index (κ1) is 21.0. The van der Waals surface area contributed by atoms with Crippen LogP contribution in [0.3, 0.4) is 0 Å². The molecule has 0 aliphatic carbocycles. The van der Waals surface area contributed by atoms with Gasteiger partial charge in [-0.1, -0.05) is 0 Å². The minimum Gasteiger partial charge on any atom is -0.494 e. The number of rotatable bonds is 7. The van der Waals surface area contributed by atoms with Gasteiger partial charge in [-0.25, -0.2) is 4.79 Å². The highest BCUT2D eigenvalue weighted by Crippen LogP contribution is 2.24. The number of urea groups is 1. The molecular formula is C23H28N4O4. The van der Waals surface area contributed by atoms with Crippen molar-refractivity contribution in [1.29, 1.82) is 0 Å². The summed E-state index contributed by atoms with van der Waals surface area (Å²) in [5.41, 5.74) is 2.63. The van der Waals surface area contributed by atoms with Gasteiger partial charge in [-0.2, -0.15) is 0 Å². The largest absolute Gasteiger partial charge is 0.494 e. The standard InChI is InChI=1S/C23H28N4O4/c1-2-31-21-9-7-20(8-10-21)27-12-11-26(23(27)29)17-22(28)24-18-3-5-19(6-4-18)25-13-15-30-16-14-25/h3-10H,2,11-17H2,1H3,(H,24,28). The molecule has 2 aromatic carbocycles. The summed E-state index contributed by atoms with van der Waals surface area (Å²) < 4.78 is 10.8. The molecule has 0 aromatic heterocycles. The second kappa shape index (κ2) is 9.70. The van der Waals surface area contributed by atoms with E-state index >= 15 is 0 Å². The van der Waals surface area contributed by atoms with Gasteiger partial charge in [-0.05, 0) is 55.5 Å². The lowest BCUT2D eigenvalue weighted by atomic mass is 10.2. The third-order valence-corrected chi connectivity index (χ3v) is 5.42. The first-order valence-electron chi connectivity index (χ1n) is 10.7. The molecule has 3 amide bonds. The van der Waals surface area contributed by atoms with E-state index in [9.17, 15) is 9.59 Å². The van der Waals surface area contributed by atoms with Gasteiger partial charge in [0.15, 0.2) is 0 Å². The van der Waals surface area contributed by atoms with Crippen molar-refractivity contribution < 1.29 is 19.1 Å². The normalized spacial score (nSPS) is 16.5. The van der Waals surface area contributed by atoms with E-state index in [4.69, 9.17) is 9.47 Å². The first-order valence-corrected chi connectivity index (χ1v) is 10.7. The number of anilines is 3. The summed E-state index contributed by atoms with van der Waals surface area (Å²) >= 11 is 0. The Bertz CT molecular complexity index is 895. The molecule has 164 valence electrons. The molecule has 2 aliphatic heterocycles. The quantitative estimate of drug-likeness (QED) is 0.740. The first-order chi connectivity index (χ1) is 15.1. The maximum Gasteiger partial charge on any atom is 0.325 e. The number of hydrogen-bond donors (Lipinski definition) is 1. The van der Waals surface area contributed by atoms with E-state index in [0.717, 1.165) is 49.1 Å². The van der Waals surface area contributed by atoms with Gasteiger partial charge in [-0.3, -0.25) is 9.69 Å². The molecule has 8 heteroatoms. The Morgan fingerprint density at radius 3 is 2.32 bits per heavy atom. The van der Waals surface area contributed by atoms with E-state index in [-0.39, 0.29) is 18.5 Å². The number of amides is 3. The van der Waals surface area contributed by atoms with Crippen molar-refractivity contribution >= 4 is 29.0 Å². The van der Waals surface area contributed by atoms with Crippen molar-refractivity contribution in [2.45, 2.75) is 6.92 Å². The zero-order valence-corrected chi connectivity index (χ0v) is 17.8. The fourth-order valence-electron chi connectivity index (χ4n) is 3.81. The van der Waals surface area contributed by atoms with E-state index in [0.29, 0.717) is 19.7 Å².